The first-order valence-electron chi connectivity index (χ1n) is 44.1. The van der Waals surface area contributed by atoms with Crippen molar-refractivity contribution in [3.8, 4) is 0 Å². The zero-order valence-corrected chi connectivity index (χ0v) is 73.2. The Morgan fingerprint density at radius 2 is 0.710 bits per heavy atom. The summed E-state index contributed by atoms with van der Waals surface area (Å²) in [7, 11) is -1.00. The van der Waals surface area contributed by atoms with Crippen LogP contribution in [0.4, 0.5) is 27.1 Å². The third-order valence-electron chi connectivity index (χ3n) is 25.3. The van der Waals surface area contributed by atoms with Crippen molar-refractivity contribution in [2.24, 2.45) is 86.2 Å². The van der Waals surface area contributed by atoms with Crippen LogP contribution in [0.5, 0.6) is 0 Å². The van der Waals surface area contributed by atoms with Crippen molar-refractivity contribution < 1.29 is 68.1 Å². The van der Waals surface area contributed by atoms with Crippen LogP contribution in [0.15, 0.2) is 170 Å². The van der Waals surface area contributed by atoms with Crippen LogP contribution in [0.1, 0.15) is 196 Å². The van der Waals surface area contributed by atoms with Crippen molar-refractivity contribution in [1.82, 2.24) is 31.1 Å². The van der Waals surface area contributed by atoms with Gasteiger partial charge >= 0.3 is 5.97 Å². The number of nitrogens with two attached hydrogens (primary N) is 3. The van der Waals surface area contributed by atoms with Crippen molar-refractivity contribution in [2.45, 2.75) is 222 Å². The highest BCUT2D eigenvalue weighted by Gasteiger charge is 2.53. The molecule has 9 amide bonds. The van der Waals surface area contributed by atoms with E-state index in [0.717, 1.165) is 57.1 Å². The van der Waals surface area contributed by atoms with E-state index in [1.54, 1.807) is 26.0 Å². The van der Waals surface area contributed by atoms with E-state index in [4.69, 9.17) is 23.4 Å². The van der Waals surface area contributed by atoms with E-state index in [0.29, 0.717) is 127 Å². The standard InChI is InChI=1S/C23H30N2O3.2C22H29N3O3.C19H23N3O3.C10H12N2O.CH3F/c1-15(2)14-18(23(16(3)26)12-6-7-13-23)21(27)25-20-11-10-17-8-4-5-9-19(17)24-22(20)28;2*1-14(2)13-16(22(21(23)28)11-5-6-12-22)19(26)25-18-10-9-15-7-3-4-8-17(15)24-20(18)27;1-13(2)12-15(19(14(3)23)10-6-7-11-19)18(24)25-22-17-9-5-4-8-16(17)20-21-22;11-8-6-5-7-3-1-2-4-9(7)12-10(8)13;1-2/h4-9,15,18,20H,10-14H2,1-3H3,(H,24,28)(H,25,27);2*3-8,14,16,18H,9-13H2,1-2H3,(H2,23,28)(H,24,27)(H,25,26);4-9,13,15H,10-12H2,1-3H3;1-4,8H,5-6,11H2,(H,12,13);1H3/t18-,20?;2*16-,18?;15-;;/m0000../s1/i;;;;;1D. The van der Waals surface area contributed by atoms with Crippen LogP contribution in [0.2, 0.25) is 0 Å². The number of halogens is 1. The maximum absolute atomic E-state index is 13.3. The maximum atomic E-state index is 13.3. The maximum Gasteiger partial charge on any atom is 0.339 e. The van der Waals surface area contributed by atoms with Crippen molar-refractivity contribution in [2.75, 3.05) is 28.4 Å². The second kappa shape index (κ2) is 44.1. The summed E-state index contributed by atoms with van der Waals surface area (Å²) >= 11 is 0. The number of carbonyl (C=O) groups is 12. The zero-order valence-electron chi connectivity index (χ0n) is 74.2. The van der Waals surface area contributed by atoms with Gasteiger partial charge in [-0.1, -0.05) is 194 Å². The molecule has 14 rings (SSSR count). The fraction of sp³-hybridized carbons (Fsp3) is 0.485. The second-order valence-corrected chi connectivity index (χ2v) is 35.6. The van der Waals surface area contributed by atoms with E-state index in [-0.39, 0.29) is 82.6 Å². The third-order valence-corrected chi connectivity index (χ3v) is 25.3. The number of anilines is 4. The van der Waals surface area contributed by atoms with Crippen LogP contribution >= 0.6 is 0 Å². The van der Waals surface area contributed by atoms with Crippen molar-refractivity contribution in [1.29, 1.82) is 0 Å². The van der Waals surface area contributed by atoms with E-state index >= 15 is 0 Å². The van der Waals surface area contributed by atoms with Gasteiger partial charge in [-0.25, -0.2) is 4.79 Å². The minimum absolute atomic E-state index is 0.0311. The van der Waals surface area contributed by atoms with Crippen molar-refractivity contribution >= 4 is 104 Å². The number of alkyl halides is 1. The number of amides is 9. The first-order valence-corrected chi connectivity index (χ1v) is 43.4. The van der Waals surface area contributed by atoms with Gasteiger partial charge in [0.2, 0.25) is 53.2 Å². The van der Waals surface area contributed by atoms with Gasteiger partial charge in [-0.15, -0.1) is 5.10 Å². The molecule has 8 aliphatic rings. The monoisotopic (exact) mass is 1700 g/mol. The number of benzene rings is 5. The molecule has 5 aromatic carbocycles. The van der Waals surface area contributed by atoms with Gasteiger partial charge < -0.3 is 59.3 Å². The molecule has 0 bridgehead atoms. The largest absolute Gasteiger partial charge is 0.369 e. The summed E-state index contributed by atoms with van der Waals surface area (Å²) in [6.07, 6.45) is 27.4. The molecule has 1 aromatic heterocycles. The van der Waals surface area contributed by atoms with Crippen LogP contribution < -0.4 is 59.3 Å². The lowest BCUT2D eigenvalue weighted by Gasteiger charge is -2.36. The molecule has 4 unspecified atom stereocenters. The normalized spacial score (nSPS) is 20.5. The average Bonchev–Trinajstić information content (AvgIpc) is 1.73. The summed E-state index contributed by atoms with van der Waals surface area (Å²) in [5.41, 5.74) is 22.9. The molecule has 5 heterocycles. The number of nitrogens with zero attached hydrogens (tertiary/aromatic N) is 3. The predicted molar refractivity (Wildman–Crippen MR) is 478 cm³/mol. The fourth-order valence-corrected chi connectivity index (χ4v) is 18.2. The van der Waals surface area contributed by atoms with Crippen molar-refractivity contribution in [3.63, 3.8) is 0 Å². The molecule has 664 valence electrons. The molecule has 124 heavy (non-hydrogen) atoms. The molecule has 0 radical (unpaired) electrons. The minimum Gasteiger partial charge on any atom is -0.369 e. The summed E-state index contributed by atoms with van der Waals surface area (Å²) in [4.78, 5) is 158. The number of aryl methyl sites for hydroxylation is 4. The number of rotatable bonds is 24. The fourth-order valence-electron chi connectivity index (χ4n) is 18.2. The molecule has 13 N–H and O–H groups in total. The number of primary amides is 2. The summed E-state index contributed by atoms with van der Waals surface area (Å²) in [6, 6.07) is 35.9. The molecule has 0 spiro atoms. The summed E-state index contributed by atoms with van der Waals surface area (Å²) in [6.45, 7) is 19.4. The van der Waals surface area contributed by atoms with Gasteiger partial charge in [0.05, 0.1) is 49.1 Å². The van der Waals surface area contributed by atoms with Crippen LogP contribution in [0, 0.1) is 69.0 Å². The molecule has 6 aromatic rings. The lowest BCUT2D eigenvalue weighted by Crippen LogP contribution is -2.52. The Morgan fingerprint density at radius 1 is 0.435 bits per heavy atom. The summed E-state index contributed by atoms with van der Waals surface area (Å²) in [5, 5.41) is 28.3. The highest BCUT2D eigenvalue weighted by molar-refractivity contribution is 6.03. The number of hydrogen-bond donors (Lipinski definition) is 10. The molecule has 4 aliphatic heterocycles. The Labute approximate surface area is 728 Å². The van der Waals surface area contributed by atoms with Gasteiger partial charge in [0.1, 0.15) is 40.7 Å². The first kappa shape index (κ1) is 94.6. The molecule has 27 heteroatoms. The van der Waals surface area contributed by atoms with Gasteiger partial charge in [0.25, 0.3) is 0 Å². The Balaban J connectivity index is 0.000000178. The lowest BCUT2D eigenvalue weighted by atomic mass is 9.67. The molecular formula is C97H126FN13O13. The van der Waals surface area contributed by atoms with E-state index < -0.39 is 88.4 Å². The highest BCUT2D eigenvalue weighted by Crippen LogP contribution is 2.48. The minimum atomic E-state index is -1.00. The Kier molecular flexibility index (Phi) is 33.7. The van der Waals surface area contributed by atoms with E-state index in [1.807, 2.05) is 199 Å². The lowest BCUT2D eigenvalue weighted by molar-refractivity contribution is -0.159. The molecule has 0 saturated carbocycles. The molecular weight excluding hydrogens is 1570 g/mol. The quantitative estimate of drug-likeness (QED) is 0.0199. The highest BCUT2D eigenvalue weighted by atomic mass is 19.1. The third kappa shape index (κ3) is 23.6. The Bertz CT molecular complexity index is 4620. The van der Waals surface area contributed by atoms with Crippen LogP contribution in [-0.2, 0) is 83.2 Å². The number of carbonyl (C=O) groups excluding carboxylic acids is 12. The molecule has 26 nitrogen and oxygen atoms in total. The van der Waals surface area contributed by atoms with Crippen LogP contribution in [-0.4, -0.2) is 117 Å². The first-order chi connectivity index (χ1) is 59.6. The van der Waals surface area contributed by atoms with Gasteiger partial charge in [0.15, 0.2) is 0 Å². The van der Waals surface area contributed by atoms with E-state index in [9.17, 15) is 61.9 Å². The topological polar surface area (TPSA) is 407 Å². The predicted octanol–water partition coefficient (Wildman–Crippen LogP) is 13.2. The smallest absolute Gasteiger partial charge is 0.339 e. The Hall–Kier alpha value is -11.6. The molecule has 4 aliphatic carbocycles. The molecule has 8 atom stereocenters. The van der Waals surface area contributed by atoms with E-state index in [1.165, 1.54) is 5.56 Å². The van der Waals surface area contributed by atoms with E-state index in [2.05, 4.69) is 61.4 Å². The second-order valence-electron chi connectivity index (χ2n) is 35.6. The van der Waals surface area contributed by atoms with Crippen molar-refractivity contribution in [3.05, 3.63) is 192 Å². The van der Waals surface area contributed by atoms with Gasteiger partial charge in [-0.2, -0.15) is 0 Å². The SMILES string of the molecule is CC(=O)C1([C@@H](CC(C)C)C(=O)NC2CCc3ccccc3NC2=O)CC=CC1.CC(=O)C1([C@@H](CC(C)C)C(=O)On2nnc3ccccc32)CC=CC1.CC(C)C[C@@H](C(=O)NC1CCc2ccccc2NC1=O)C1(C(N)=O)CC=CC1.CC(C)C[C@@H](C(=O)NC1CCc2ccccc2NC1=O)C1(C(N)=O)CC=CC1.NC1CCc2ccccc2NC1=O.[2H]CF. The van der Waals surface area contributed by atoms with Gasteiger partial charge in [0, 0.05) is 33.6 Å². The number of para-hydroxylation sites is 5. The Morgan fingerprint density at radius 3 is 1.03 bits per heavy atom. The van der Waals surface area contributed by atoms with Crippen LogP contribution in [0.25, 0.3) is 11.0 Å². The van der Waals surface area contributed by atoms with Gasteiger partial charge in [-0.05, 0) is 230 Å². The molecule has 0 fully saturated rings. The number of ketones is 2. The molecule has 0 saturated heterocycles. The summed E-state index contributed by atoms with van der Waals surface area (Å²) < 4.78 is 15.5. The number of fused-ring (bicyclic) bond motifs is 5. The zero-order chi connectivity index (χ0) is 90.9. The number of allylic oxidation sites excluding steroid dienone is 8. The number of hydrogen-bond acceptors (Lipinski definition) is 16. The number of Topliss-reactive ketones (excluding diaryl/α,β-unsaturated/α-hetero) is 2. The summed E-state index contributed by atoms with van der Waals surface area (Å²) in [5.74, 6) is -3.73. The van der Waals surface area contributed by atoms with Gasteiger partial charge in [-0.3, -0.25) is 57.1 Å². The van der Waals surface area contributed by atoms with Crippen LogP contribution in [0.3, 0.4) is 0 Å². The average molecular weight is 1700 g/mol. The number of nitrogens with one attached hydrogen (secondary N) is 7. The number of aromatic nitrogens is 3.